The van der Waals surface area contributed by atoms with Crippen molar-refractivity contribution in [2.24, 2.45) is 0 Å². The van der Waals surface area contributed by atoms with E-state index in [-0.39, 0.29) is 0 Å². The van der Waals surface area contributed by atoms with Crippen LogP contribution in [0.2, 0.25) is 0 Å². The van der Waals surface area contributed by atoms with Crippen LogP contribution >= 0.6 is 0 Å². The molecular formula is C35H39N3O. The number of aryl methyl sites for hydroxylation is 1. The minimum Gasteiger partial charge on any atom is -0.456 e. The Morgan fingerprint density at radius 1 is 0.667 bits per heavy atom. The highest BCUT2D eigenvalue weighted by Gasteiger charge is 2.53. The summed E-state index contributed by atoms with van der Waals surface area (Å²) in [4.78, 5) is 7.36. The molecule has 0 aromatic heterocycles. The summed E-state index contributed by atoms with van der Waals surface area (Å²) >= 11 is 0. The fourth-order valence-electron chi connectivity index (χ4n) is 6.66. The van der Waals surface area contributed by atoms with Crippen molar-refractivity contribution in [1.82, 2.24) is 0 Å². The summed E-state index contributed by atoms with van der Waals surface area (Å²) < 4.78 is 6.86. The van der Waals surface area contributed by atoms with Crippen molar-refractivity contribution in [1.29, 1.82) is 0 Å². The molecule has 0 aliphatic carbocycles. The summed E-state index contributed by atoms with van der Waals surface area (Å²) in [5, 5.41) is 0. The lowest BCUT2D eigenvalue weighted by molar-refractivity contribution is 0.416. The summed E-state index contributed by atoms with van der Waals surface area (Å²) in [6.07, 6.45) is 0. The van der Waals surface area contributed by atoms with E-state index in [9.17, 15) is 0 Å². The molecule has 2 heterocycles. The van der Waals surface area contributed by atoms with Crippen molar-refractivity contribution in [3.05, 3.63) is 113 Å². The van der Waals surface area contributed by atoms with E-state index in [0.717, 1.165) is 44.2 Å². The second-order valence-corrected chi connectivity index (χ2v) is 10.6. The third-order valence-electron chi connectivity index (χ3n) is 8.67. The topological polar surface area (TPSA) is 19.0 Å². The molecule has 6 rings (SSSR count). The molecule has 0 bridgehead atoms. The number of rotatable bonds is 7. The normalized spacial score (nSPS) is 14.4. The van der Waals surface area contributed by atoms with E-state index < -0.39 is 5.54 Å². The Balaban J connectivity index is 1.66. The highest BCUT2D eigenvalue weighted by atomic mass is 16.5. The molecule has 1 spiro atoms. The molecule has 200 valence electrons. The Morgan fingerprint density at radius 3 is 1.74 bits per heavy atom. The van der Waals surface area contributed by atoms with Gasteiger partial charge in [0.1, 0.15) is 17.0 Å². The van der Waals surface area contributed by atoms with Crippen LogP contribution in [0.5, 0.6) is 11.5 Å². The summed E-state index contributed by atoms with van der Waals surface area (Å²) in [6, 6.07) is 31.6. The molecule has 39 heavy (non-hydrogen) atoms. The SMILES string of the molecule is CCN(CC)c1ccc2c(c1)Oc1cc(N(CC)CC)ccc1C21c2ccccc2CN1c1ccc(C)cc1. The first-order chi connectivity index (χ1) is 19.0. The van der Waals surface area contributed by atoms with E-state index >= 15 is 0 Å². The number of hydrogen-bond acceptors (Lipinski definition) is 4. The molecule has 0 fully saturated rings. The van der Waals surface area contributed by atoms with Gasteiger partial charge in [0.25, 0.3) is 0 Å². The molecule has 4 nitrogen and oxygen atoms in total. The molecule has 2 aliphatic rings. The number of hydrogen-bond donors (Lipinski definition) is 0. The summed E-state index contributed by atoms with van der Waals surface area (Å²) in [5.74, 6) is 1.88. The number of ether oxygens (including phenoxy) is 1. The van der Waals surface area contributed by atoms with Crippen LogP contribution < -0.4 is 19.4 Å². The Morgan fingerprint density at radius 2 is 1.21 bits per heavy atom. The Labute approximate surface area is 233 Å². The zero-order valence-corrected chi connectivity index (χ0v) is 23.9. The van der Waals surface area contributed by atoms with Gasteiger partial charge in [-0.2, -0.15) is 0 Å². The summed E-state index contributed by atoms with van der Waals surface area (Å²) in [5.41, 5.74) is 9.49. The third kappa shape index (κ3) is 3.88. The fraction of sp³-hybridized carbons (Fsp3) is 0.314. The quantitative estimate of drug-likeness (QED) is 0.246. The van der Waals surface area contributed by atoms with Crippen LogP contribution in [0.3, 0.4) is 0 Å². The zero-order valence-electron chi connectivity index (χ0n) is 23.9. The second-order valence-electron chi connectivity index (χ2n) is 10.6. The Hall–Kier alpha value is -3.92. The lowest BCUT2D eigenvalue weighted by Crippen LogP contribution is -2.45. The van der Waals surface area contributed by atoms with Gasteiger partial charge in [-0.25, -0.2) is 0 Å². The van der Waals surface area contributed by atoms with Gasteiger partial charge >= 0.3 is 0 Å². The molecule has 0 atom stereocenters. The van der Waals surface area contributed by atoms with Gasteiger partial charge in [0, 0.05) is 73.0 Å². The van der Waals surface area contributed by atoms with Crippen molar-refractivity contribution in [2.45, 2.75) is 46.7 Å². The average molecular weight is 518 g/mol. The van der Waals surface area contributed by atoms with Crippen LogP contribution in [0.1, 0.15) is 55.5 Å². The lowest BCUT2D eigenvalue weighted by atomic mass is 9.74. The van der Waals surface area contributed by atoms with Crippen molar-refractivity contribution < 1.29 is 4.74 Å². The van der Waals surface area contributed by atoms with Crippen LogP contribution in [-0.2, 0) is 12.1 Å². The minimum absolute atomic E-state index is 0.488. The molecule has 4 aromatic carbocycles. The van der Waals surface area contributed by atoms with E-state index in [4.69, 9.17) is 4.74 Å². The molecule has 2 aliphatic heterocycles. The number of anilines is 3. The van der Waals surface area contributed by atoms with Crippen molar-refractivity contribution in [2.75, 3.05) is 40.9 Å². The highest BCUT2D eigenvalue weighted by Crippen LogP contribution is 2.59. The first-order valence-corrected chi connectivity index (χ1v) is 14.4. The smallest absolute Gasteiger partial charge is 0.135 e. The molecule has 0 unspecified atom stereocenters. The van der Waals surface area contributed by atoms with Crippen molar-refractivity contribution in [3.8, 4) is 11.5 Å². The monoisotopic (exact) mass is 517 g/mol. The van der Waals surface area contributed by atoms with Gasteiger partial charge in [0.05, 0.1) is 0 Å². The van der Waals surface area contributed by atoms with Gasteiger partial charge in [0.15, 0.2) is 0 Å². The van der Waals surface area contributed by atoms with Crippen molar-refractivity contribution >= 4 is 17.1 Å². The standard InChI is InChI=1S/C35H39N3O/c1-6-36(7-2)28-18-20-31-33(22-28)39-34-23-29(37(8-3)9-4)19-21-32(34)35(31)30-13-11-10-12-26(30)24-38(35)27-16-14-25(5)15-17-27/h10-23H,6-9,24H2,1-5H3. The molecule has 0 N–H and O–H groups in total. The van der Waals surface area contributed by atoms with E-state index in [0.29, 0.717) is 0 Å². The predicted octanol–water partition coefficient (Wildman–Crippen LogP) is 8.11. The van der Waals surface area contributed by atoms with Gasteiger partial charge in [0.2, 0.25) is 0 Å². The van der Waals surface area contributed by atoms with E-state index in [2.05, 4.69) is 134 Å². The van der Waals surface area contributed by atoms with Crippen LogP contribution in [0.15, 0.2) is 84.9 Å². The van der Waals surface area contributed by atoms with Gasteiger partial charge < -0.3 is 19.4 Å². The summed E-state index contributed by atoms with van der Waals surface area (Å²) in [6.45, 7) is 15.7. The summed E-state index contributed by atoms with van der Waals surface area (Å²) in [7, 11) is 0. The second kappa shape index (κ2) is 10.00. The molecule has 4 aromatic rings. The molecular weight excluding hydrogens is 478 g/mol. The predicted molar refractivity (Wildman–Crippen MR) is 164 cm³/mol. The maximum Gasteiger partial charge on any atom is 0.135 e. The first-order valence-electron chi connectivity index (χ1n) is 14.4. The molecule has 0 amide bonds. The Kier molecular flexibility index (Phi) is 6.50. The van der Waals surface area contributed by atoms with Crippen LogP contribution in [0.25, 0.3) is 0 Å². The van der Waals surface area contributed by atoms with Crippen LogP contribution in [0, 0.1) is 6.92 Å². The van der Waals surface area contributed by atoms with Crippen molar-refractivity contribution in [3.63, 3.8) is 0 Å². The fourth-order valence-corrected chi connectivity index (χ4v) is 6.66. The third-order valence-corrected chi connectivity index (χ3v) is 8.67. The largest absolute Gasteiger partial charge is 0.456 e. The number of fused-ring (bicyclic) bond motifs is 6. The van der Waals surface area contributed by atoms with E-state index in [1.807, 2.05) is 0 Å². The van der Waals surface area contributed by atoms with Gasteiger partial charge in [-0.1, -0.05) is 54.1 Å². The van der Waals surface area contributed by atoms with Crippen LogP contribution in [0.4, 0.5) is 17.1 Å². The minimum atomic E-state index is -0.488. The lowest BCUT2D eigenvalue weighted by Gasteiger charge is -2.46. The Bertz CT molecular complexity index is 1420. The van der Waals surface area contributed by atoms with E-state index in [1.165, 1.54) is 44.9 Å². The van der Waals surface area contributed by atoms with Gasteiger partial charge in [-0.05, 0) is 70.0 Å². The van der Waals surface area contributed by atoms with Crippen LogP contribution in [-0.4, -0.2) is 26.2 Å². The zero-order chi connectivity index (χ0) is 27.1. The maximum absolute atomic E-state index is 6.86. The van der Waals surface area contributed by atoms with Gasteiger partial charge in [-0.15, -0.1) is 0 Å². The maximum atomic E-state index is 6.86. The number of benzene rings is 4. The molecule has 0 saturated carbocycles. The highest BCUT2D eigenvalue weighted by molar-refractivity contribution is 5.76. The number of nitrogens with zero attached hydrogens (tertiary/aromatic N) is 3. The molecule has 4 heteroatoms. The van der Waals surface area contributed by atoms with E-state index in [1.54, 1.807) is 0 Å². The molecule has 0 radical (unpaired) electrons. The average Bonchev–Trinajstić information content (AvgIpc) is 3.30. The van der Waals surface area contributed by atoms with Gasteiger partial charge in [-0.3, -0.25) is 0 Å². The first kappa shape index (κ1) is 25.4. The molecule has 0 saturated heterocycles.